The zero-order valence-corrected chi connectivity index (χ0v) is 6.53. The quantitative estimate of drug-likeness (QED) is 0.534. The third-order valence-corrected chi connectivity index (χ3v) is 1.53. The molecule has 0 aliphatic carbocycles. The van der Waals surface area contributed by atoms with Crippen molar-refractivity contribution >= 4 is 6.08 Å². The number of isocyanates is 1. The summed E-state index contributed by atoms with van der Waals surface area (Å²) in [5.74, 6) is 0. The van der Waals surface area contributed by atoms with Crippen LogP contribution in [0.5, 0.6) is 0 Å². The second kappa shape index (κ2) is 4.44. The minimum absolute atomic E-state index is 0.0389. The van der Waals surface area contributed by atoms with Crippen LogP contribution in [-0.2, 0) is 17.9 Å². The van der Waals surface area contributed by atoms with Crippen molar-refractivity contribution < 1.29 is 9.90 Å². The maximum absolute atomic E-state index is 9.77. The summed E-state index contributed by atoms with van der Waals surface area (Å²) < 4.78 is 0. The van der Waals surface area contributed by atoms with Crippen LogP contribution in [0.4, 0.5) is 0 Å². The second-order valence-electron chi connectivity index (χ2n) is 2.38. The Kier molecular flexibility index (Phi) is 3.20. The molecule has 1 aromatic rings. The van der Waals surface area contributed by atoms with Crippen LogP contribution in [-0.4, -0.2) is 11.2 Å². The predicted octanol–water partition coefficient (Wildman–Crippen LogP) is 1.01. The molecule has 0 unspecified atom stereocenters. The standard InChI is InChI=1S/C9H9NO2/c11-6-9-3-1-8(2-4-9)5-10-7-12/h1-4,11H,5-6H2. The van der Waals surface area contributed by atoms with Gasteiger partial charge in [-0.2, -0.15) is 0 Å². The van der Waals surface area contributed by atoms with E-state index in [1.165, 1.54) is 6.08 Å². The molecule has 1 rings (SSSR count). The molecule has 0 bridgehead atoms. The van der Waals surface area contributed by atoms with Gasteiger partial charge in [0.1, 0.15) is 0 Å². The van der Waals surface area contributed by atoms with E-state index in [4.69, 9.17) is 5.11 Å². The van der Waals surface area contributed by atoms with Gasteiger partial charge < -0.3 is 5.11 Å². The summed E-state index contributed by atoms with van der Waals surface area (Å²) in [4.78, 5) is 13.2. The summed E-state index contributed by atoms with van der Waals surface area (Å²) in [5, 5.41) is 8.72. The van der Waals surface area contributed by atoms with E-state index in [1.54, 1.807) is 12.1 Å². The van der Waals surface area contributed by atoms with E-state index in [1.807, 2.05) is 12.1 Å². The molecule has 0 aromatic heterocycles. The first kappa shape index (κ1) is 8.65. The van der Waals surface area contributed by atoms with Crippen LogP contribution < -0.4 is 0 Å². The lowest BCUT2D eigenvalue weighted by atomic mass is 10.1. The SMILES string of the molecule is O=C=NCc1ccc(CO)cc1. The highest BCUT2D eigenvalue weighted by Crippen LogP contribution is 2.04. The number of benzene rings is 1. The van der Waals surface area contributed by atoms with Gasteiger partial charge in [-0.05, 0) is 11.1 Å². The first-order valence-electron chi connectivity index (χ1n) is 3.59. The van der Waals surface area contributed by atoms with Crippen molar-refractivity contribution in [2.24, 2.45) is 4.99 Å². The van der Waals surface area contributed by atoms with Gasteiger partial charge in [-0.15, -0.1) is 0 Å². The fourth-order valence-electron chi connectivity index (χ4n) is 0.874. The maximum Gasteiger partial charge on any atom is 0.235 e. The van der Waals surface area contributed by atoms with Crippen molar-refractivity contribution in [3.05, 3.63) is 35.4 Å². The molecule has 62 valence electrons. The number of carbonyl (C=O) groups excluding carboxylic acids is 1. The molecular weight excluding hydrogens is 154 g/mol. The van der Waals surface area contributed by atoms with E-state index in [0.29, 0.717) is 6.54 Å². The van der Waals surface area contributed by atoms with E-state index in [-0.39, 0.29) is 6.61 Å². The van der Waals surface area contributed by atoms with Gasteiger partial charge in [0, 0.05) is 0 Å². The number of aliphatic imine (C=N–C) groups is 1. The predicted molar refractivity (Wildman–Crippen MR) is 44.2 cm³/mol. The molecule has 12 heavy (non-hydrogen) atoms. The number of rotatable bonds is 3. The lowest BCUT2D eigenvalue weighted by Gasteiger charge is -1.96. The minimum Gasteiger partial charge on any atom is -0.392 e. The van der Waals surface area contributed by atoms with E-state index >= 15 is 0 Å². The van der Waals surface area contributed by atoms with Crippen LogP contribution in [0.2, 0.25) is 0 Å². The number of nitrogens with zero attached hydrogens (tertiary/aromatic N) is 1. The zero-order valence-electron chi connectivity index (χ0n) is 6.53. The number of aliphatic hydroxyl groups is 1. The van der Waals surface area contributed by atoms with Crippen molar-refractivity contribution in [1.82, 2.24) is 0 Å². The molecule has 0 aliphatic rings. The molecular formula is C9H9NO2. The summed E-state index contributed by atoms with van der Waals surface area (Å²) in [6.45, 7) is 0.395. The minimum atomic E-state index is 0.0389. The number of aliphatic hydroxyl groups excluding tert-OH is 1. The van der Waals surface area contributed by atoms with E-state index in [2.05, 4.69) is 4.99 Å². The van der Waals surface area contributed by atoms with E-state index < -0.39 is 0 Å². The Morgan fingerprint density at radius 2 is 1.83 bits per heavy atom. The van der Waals surface area contributed by atoms with Crippen LogP contribution in [0.3, 0.4) is 0 Å². The normalized spacial score (nSPS) is 9.08. The lowest BCUT2D eigenvalue weighted by Crippen LogP contribution is -1.84. The van der Waals surface area contributed by atoms with Gasteiger partial charge >= 0.3 is 0 Å². The van der Waals surface area contributed by atoms with Crippen LogP contribution in [0.15, 0.2) is 29.3 Å². The summed E-state index contributed by atoms with van der Waals surface area (Å²) in [6.07, 6.45) is 1.47. The Bertz CT molecular complexity index is 286. The molecule has 3 heteroatoms. The van der Waals surface area contributed by atoms with Crippen molar-refractivity contribution in [3.63, 3.8) is 0 Å². The largest absolute Gasteiger partial charge is 0.392 e. The monoisotopic (exact) mass is 163 g/mol. The van der Waals surface area contributed by atoms with Gasteiger partial charge in [0.2, 0.25) is 6.08 Å². The van der Waals surface area contributed by atoms with Gasteiger partial charge in [0.15, 0.2) is 0 Å². The van der Waals surface area contributed by atoms with Crippen molar-refractivity contribution in [2.75, 3.05) is 0 Å². The Hall–Kier alpha value is -1.44. The Balaban J connectivity index is 2.70. The topological polar surface area (TPSA) is 49.7 Å². The van der Waals surface area contributed by atoms with Crippen molar-refractivity contribution in [1.29, 1.82) is 0 Å². The molecule has 0 aliphatic heterocycles. The van der Waals surface area contributed by atoms with E-state index in [0.717, 1.165) is 11.1 Å². The van der Waals surface area contributed by atoms with Gasteiger partial charge in [0.05, 0.1) is 13.2 Å². The summed E-state index contributed by atoms with van der Waals surface area (Å²) in [5.41, 5.74) is 1.80. The molecule has 0 saturated carbocycles. The fourth-order valence-corrected chi connectivity index (χ4v) is 0.874. The van der Waals surface area contributed by atoms with Gasteiger partial charge in [-0.1, -0.05) is 24.3 Å². The fraction of sp³-hybridized carbons (Fsp3) is 0.222. The molecule has 0 spiro atoms. The first-order valence-corrected chi connectivity index (χ1v) is 3.59. The first-order chi connectivity index (χ1) is 5.86. The second-order valence-corrected chi connectivity index (χ2v) is 2.38. The average Bonchev–Trinajstić information content (AvgIpc) is 2.15. The summed E-state index contributed by atoms with van der Waals surface area (Å²) in [6, 6.07) is 7.25. The molecule has 0 fully saturated rings. The Morgan fingerprint density at radius 1 is 1.25 bits per heavy atom. The van der Waals surface area contributed by atoms with E-state index in [9.17, 15) is 4.79 Å². The van der Waals surface area contributed by atoms with Gasteiger partial charge in [0.25, 0.3) is 0 Å². The third-order valence-electron chi connectivity index (χ3n) is 1.53. The molecule has 0 amide bonds. The van der Waals surface area contributed by atoms with Crippen molar-refractivity contribution in [2.45, 2.75) is 13.2 Å². The van der Waals surface area contributed by atoms with Crippen molar-refractivity contribution in [3.8, 4) is 0 Å². The molecule has 1 N–H and O–H groups in total. The van der Waals surface area contributed by atoms with Crippen LogP contribution in [0.1, 0.15) is 11.1 Å². The Morgan fingerprint density at radius 3 is 2.33 bits per heavy atom. The highest BCUT2D eigenvalue weighted by atomic mass is 16.3. The van der Waals surface area contributed by atoms with Gasteiger partial charge in [-0.25, -0.2) is 9.79 Å². The zero-order chi connectivity index (χ0) is 8.81. The maximum atomic E-state index is 9.77. The Labute approximate surface area is 70.4 Å². The number of hydrogen-bond acceptors (Lipinski definition) is 3. The molecule has 0 saturated heterocycles. The molecule has 1 aromatic carbocycles. The summed E-state index contributed by atoms with van der Waals surface area (Å²) >= 11 is 0. The van der Waals surface area contributed by atoms with Gasteiger partial charge in [-0.3, -0.25) is 0 Å². The summed E-state index contributed by atoms with van der Waals surface area (Å²) in [7, 11) is 0. The number of hydrogen-bond donors (Lipinski definition) is 1. The molecule has 0 atom stereocenters. The highest BCUT2D eigenvalue weighted by molar-refractivity contribution is 5.34. The third kappa shape index (κ3) is 2.31. The molecule has 3 nitrogen and oxygen atoms in total. The van der Waals surface area contributed by atoms with Crippen LogP contribution in [0.25, 0.3) is 0 Å². The lowest BCUT2D eigenvalue weighted by molar-refractivity contribution is 0.282. The van der Waals surface area contributed by atoms with Crippen LogP contribution >= 0.6 is 0 Å². The highest BCUT2D eigenvalue weighted by Gasteiger charge is 1.91. The molecule has 0 radical (unpaired) electrons. The smallest absolute Gasteiger partial charge is 0.235 e. The average molecular weight is 163 g/mol. The molecule has 0 heterocycles. The van der Waals surface area contributed by atoms with Crippen LogP contribution in [0, 0.1) is 0 Å².